The Balaban J connectivity index is 1.45. The number of hydrogen-bond donors (Lipinski definition) is 3. The normalized spacial score (nSPS) is 22.8. The minimum Gasteiger partial charge on any atom is -0.510 e. The first-order valence-corrected chi connectivity index (χ1v) is 18.1. The number of aliphatic hydroxyl groups excluding tert-OH is 1. The molecule has 0 saturated carbocycles. The smallest absolute Gasteiger partial charge is 0.337 e. The maximum absolute atomic E-state index is 14.4. The molecule has 7 rings (SSSR count). The van der Waals surface area contributed by atoms with Crippen molar-refractivity contribution in [1.29, 1.82) is 0 Å². The molecule has 11 nitrogen and oxygen atoms in total. The lowest BCUT2D eigenvalue weighted by molar-refractivity contribution is -0.140. The summed E-state index contributed by atoms with van der Waals surface area (Å²) < 4.78 is 9.85. The average molecular weight is 726 g/mol. The number of amides is 1. The van der Waals surface area contributed by atoms with Crippen LogP contribution in [0.2, 0.25) is 0 Å². The second-order valence-electron chi connectivity index (χ2n) is 14.0. The topological polar surface area (TPSA) is 151 Å². The lowest BCUT2D eigenvalue weighted by Crippen LogP contribution is -2.28. The van der Waals surface area contributed by atoms with Crippen LogP contribution in [0.5, 0.6) is 0 Å². The van der Waals surface area contributed by atoms with Crippen molar-refractivity contribution in [2.75, 3.05) is 19.5 Å². The van der Waals surface area contributed by atoms with Gasteiger partial charge >= 0.3 is 11.9 Å². The molecule has 0 aromatic heterocycles. The van der Waals surface area contributed by atoms with Gasteiger partial charge in [-0.05, 0) is 98.4 Å². The summed E-state index contributed by atoms with van der Waals surface area (Å²) in [5.41, 5.74) is 12.3. The van der Waals surface area contributed by atoms with Gasteiger partial charge in [-0.2, -0.15) is 0 Å². The van der Waals surface area contributed by atoms with Crippen LogP contribution in [0.25, 0.3) is 0 Å². The highest BCUT2D eigenvalue weighted by Crippen LogP contribution is 2.49. The highest BCUT2D eigenvalue weighted by molar-refractivity contribution is 6.25. The number of methoxy groups -OCH3 is 2. The summed E-state index contributed by atoms with van der Waals surface area (Å²) in [5, 5.41) is 18.7. The summed E-state index contributed by atoms with van der Waals surface area (Å²) in [6.45, 7) is 14.2. The first-order chi connectivity index (χ1) is 25.9. The minimum absolute atomic E-state index is 0.120. The number of nitrogens with one attached hydrogen (secondary N) is 2. The van der Waals surface area contributed by atoms with Crippen LogP contribution in [0.15, 0.2) is 143 Å². The number of benzene rings is 1. The molecule has 3 atom stereocenters. The number of carbonyl (C=O) groups excluding carboxylic acids is 3. The highest BCUT2D eigenvalue weighted by Gasteiger charge is 2.48. The van der Waals surface area contributed by atoms with E-state index in [1.54, 1.807) is 24.3 Å². The molecule has 5 aliphatic heterocycles. The zero-order chi connectivity index (χ0) is 38.6. The summed E-state index contributed by atoms with van der Waals surface area (Å²) in [4.78, 5) is 54.3. The van der Waals surface area contributed by atoms with E-state index in [1.807, 2.05) is 38.2 Å². The van der Waals surface area contributed by atoms with Gasteiger partial charge in [-0.15, -0.1) is 0 Å². The standard InChI is InChI=1S/C43H43N5O6/c1-9-26-20(3)29-17-31-22(5)28(15-16-35(49)53-7)39(47-31)37-38(42(51)44-25-13-11-24(12-14-25)43(52)54-8)41(50)36-23(6)32(48-40(36)37)19-34-27(10-2)21(4)30(46-34)18-33(26)45-29/h9,11-14,17-19,22,28,38,47,50H,1,10,15-16H2,2-8H3,(H,44,51)/t22-,28-,38?/m0/s1. The van der Waals surface area contributed by atoms with Gasteiger partial charge in [0.05, 0.1) is 54.0 Å². The predicted molar refractivity (Wildman–Crippen MR) is 209 cm³/mol. The van der Waals surface area contributed by atoms with Crippen LogP contribution in [0, 0.1) is 17.8 Å². The van der Waals surface area contributed by atoms with Crippen molar-refractivity contribution in [3.8, 4) is 0 Å². The zero-order valence-corrected chi connectivity index (χ0v) is 31.5. The second-order valence-corrected chi connectivity index (χ2v) is 14.0. The molecule has 1 unspecified atom stereocenters. The number of fused-ring (bicyclic) bond motifs is 5. The Kier molecular flexibility index (Phi) is 9.43. The summed E-state index contributed by atoms with van der Waals surface area (Å²) in [5.74, 6) is -2.98. The molecule has 5 heterocycles. The van der Waals surface area contributed by atoms with Gasteiger partial charge in [-0.3, -0.25) is 9.59 Å². The SMILES string of the molecule is C=CC1=C(C)C2=NC1=CC1=NC(=CC3=C(C)C4=C(O)C(C(=O)Nc5ccc(C(=O)OC)cc5)C(=C5NC(=C2)[C@@H](C)[C@@H]5CCC(=O)OC)C4=N3)C(CC)=C1C. The van der Waals surface area contributed by atoms with Gasteiger partial charge in [-0.1, -0.05) is 26.5 Å². The zero-order valence-electron chi connectivity index (χ0n) is 31.5. The molecule has 276 valence electrons. The number of ether oxygens (including phenoxy) is 2. The van der Waals surface area contributed by atoms with Gasteiger partial charge in [0.1, 0.15) is 11.7 Å². The van der Waals surface area contributed by atoms with Crippen molar-refractivity contribution in [2.24, 2.45) is 32.7 Å². The van der Waals surface area contributed by atoms with Gasteiger partial charge in [0, 0.05) is 52.1 Å². The lowest BCUT2D eigenvalue weighted by atomic mass is 9.84. The number of aliphatic imine (C=N–C) groups is 3. The van der Waals surface area contributed by atoms with Crippen molar-refractivity contribution in [2.45, 2.75) is 53.9 Å². The fourth-order valence-electron chi connectivity index (χ4n) is 8.08. The van der Waals surface area contributed by atoms with E-state index in [9.17, 15) is 19.5 Å². The monoisotopic (exact) mass is 725 g/mol. The van der Waals surface area contributed by atoms with Gasteiger partial charge in [0.15, 0.2) is 0 Å². The molecule has 54 heavy (non-hydrogen) atoms. The second kappa shape index (κ2) is 14.0. The van der Waals surface area contributed by atoms with E-state index in [4.69, 9.17) is 24.5 Å². The number of anilines is 1. The minimum atomic E-state index is -1.13. The summed E-state index contributed by atoms with van der Waals surface area (Å²) in [7, 11) is 2.67. The number of carbonyl (C=O) groups is 3. The molecular weight excluding hydrogens is 683 g/mol. The molecule has 1 amide bonds. The molecule has 1 aliphatic carbocycles. The number of esters is 2. The van der Waals surface area contributed by atoms with Crippen molar-refractivity contribution in [3.05, 3.63) is 134 Å². The van der Waals surface area contributed by atoms with Crippen LogP contribution >= 0.6 is 0 Å². The first kappa shape index (κ1) is 36.3. The Morgan fingerprint density at radius 1 is 0.944 bits per heavy atom. The van der Waals surface area contributed by atoms with Gasteiger partial charge < -0.3 is 25.2 Å². The van der Waals surface area contributed by atoms with Crippen molar-refractivity contribution in [1.82, 2.24) is 5.32 Å². The Morgan fingerprint density at radius 3 is 2.31 bits per heavy atom. The van der Waals surface area contributed by atoms with Gasteiger partial charge in [0.2, 0.25) is 5.91 Å². The lowest BCUT2D eigenvalue weighted by Gasteiger charge is -2.21. The van der Waals surface area contributed by atoms with E-state index in [0.717, 1.165) is 62.8 Å². The fraction of sp³-hybridized carbons (Fsp3) is 0.302. The highest BCUT2D eigenvalue weighted by atomic mass is 16.5. The molecule has 1 fully saturated rings. The molecule has 3 N–H and O–H groups in total. The number of hydrogen-bond acceptors (Lipinski definition) is 10. The molecule has 0 spiro atoms. The molecule has 1 aromatic rings. The molecule has 0 radical (unpaired) electrons. The van der Waals surface area contributed by atoms with E-state index < -0.39 is 17.8 Å². The fourth-order valence-corrected chi connectivity index (χ4v) is 8.08. The Labute approximate surface area is 314 Å². The van der Waals surface area contributed by atoms with Gasteiger partial charge in [-0.25, -0.2) is 19.8 Å². The summed E-state index contributed by atoms with van der Waals surface area (Å²) in [6, 6.07) is 6.34. The van der Waals surface area contributed by atoms with E-state index >= 15 is 0 Å². The van der Waals surface area contributed by atoms with Crippen LogP contribution in [-0.2, 0) is 19.1 Å². The third kappa shape index (κ3) is 5.93. The van der Waals surface area contributed by atoms with E-state index in [1.165, 1.54) is 14.2 Å². The number of nitrogens with zero attached hydrogens (tertiary/aromatic N) is 3. The molecule has 1 aromatic carbocycles. The maximum atomic E-state index is 14.4. The average Bonchev–Trinajstić information content (AvgIpc) is 3.91. The van der Waals surface area contributed by atoms with Crippen LogP contribution in [0.3, 0.4) is 0 Å². The van der Waals surface area contributed by atoms with E-state index in [0.29, 0.717) is 45.9 Å². The quantitative estimate of drug-likeness (QED) is 0.236. The predicted octanol–water partition coefficient (Wildman–Crippen LogP) is 7.45. The third-order valence-corrected chi connectivity index (χ3v) is 11.1. The molecule has 8 bridgehead atoms. The van der Waals surface area contributed by atoms with Crippen LogP contribution < -0.4 is 10.6 Å². The molecular formula is C43H43N5O6. The summed E-state index contributed by atoms with van der Waals surface area (Å²) >= 11 is 0. The largest absolute Gasteiger partial charge is 0.510 e. The molecule has 1 saturated heterocycles. The van der Waals surface area contributed by atoms with E-state index in [-0.39, 0.29) is 30.0 Å². The maximum Gasteiger partial charge on any atom is 0.337 e. The van der Waals surface area contributed by atoms with Crippen molar-refractivity contribution in [3.63, 3.8) is 0 Å². The Bertz CT molecular complexity index is 2300. The van der Waals surface area contributed by atoms with Crippen LogP contribution in [0.4, 0.5) is 5.69 Å². The van der Waals surface area contributed by atoms with Crippen molar-refractivity contribution >= 4 is 40.7 Å². The summed E-state index contributed by atoms with van der Waals surface area (Å²) in [6.07, 6.45) is 9.10. The number of aliphatic hydroxyl groups is 1. The number of allylic oxidation sites excluding steroid dienone is 11. The van der Waals surface area contributed by atoms with Crippen LogP contribution in [-0.4, -0.2) is 54.3 Å². The first-order valence-electron chi connectivity index (χ1n) is 18.1. The number of rotatable bonds is 8. The van der Waals surface area contributed by atoms with Gasteiger partial charge in [0.25, 0.3) is 0 Å². The van der Waals surface area contributed by atoms with Crippen molar-refractivity contribution < 1.29 is 29.0 Å². The molecule has 11 heteroatoms. The third-order valence-electron chi connectivity index (χ3n) is 11.1. The Hall–Kier alpha value is -6.10. The Morgan fingerprint density at radius 2 is 1.65 bits per heavy atom. The van der Waals surface area contributed by atoms with E-state index in [2.05, 4.69) is 38.0 Å². The van der Waals surface area contributed by atoms with Crippen LogP contribution in [0.1, 0.15) is 64.2 Å². The molecule has 6 aliphatic rings.